The summed E-state index contributed by atoms with van der Waals surface area (Å²) in [4.78, 5) is 0. The quantitative estimate of drug-likeness (QED) is 0.174. The van der Waals surface area contributed by atoms with Gasteiger partial charge in [-0.1, -0.05) is 117 Å². The molecule has 0 aromatic heterocycles. The number of allylic oxidation sites excluding steroid dienone is 2. The smallest absolute Gasteiger partial charge is 0.0348 e. The highest BCUT2D eigenvalue weighted by Crippen LogP contribution is 2.20. The van der Waals surface area contributed by atoms with Crippen LogP contribution in [0.3, 0.4) is 0 Å². The summed E-state index contributed by atoms with van der Waals surface area (Å²) in [7, 11) is 0. The lowest BCUT2D eigenvalue weighted by Crippen LogP contribution is -1.98. The Morgan fingerprint density at radius 3 is 1.92 bits per heavy atom. The lowest BCUT2D eigenvalue weighted by atomic mass is 9.93. The van der Waals surface area contributed by atoms with Gasteiger partial charge in [-0.3, -0.25) is 0 Å². The highest BCUT2D eigenvalue weighted by Gasteiger charge is 2.04. The monoisotopic (exact) mass is 334 g/mol. The molecule has 0 rings (SSSR count). The van der Waals surface area contributed by atoms with Gasteiger partial charge < -0.3 is 0 Å². The molecule has 2 radical (unpaired) electrons. The SMILES string of the molecule is [CH2]CCCCCC(CC)CCC=CCCCCC(C)CCCC[CH2]. The fraction of sp³-hybridized carbons (Fsp3) is 0.833. The number of unbranched alkanes of at least 4 members (excludes halogenated alkanes) is 7. The van der Waals surface area contributed by atoms with Crippen molar-refractivity contribution in [3.8, 4) is 0 Å². The van der Waals surface area contributed by atoms with E-state index < -0.39 is 0 Å². The first-order chi connectivity index (χ1) is 11.7. The van der Waals surface area contributed by atoms with Crippen molar-refractivity contribution < 1.29 is 0 Å². The summed E-state index contributed by atoms with van der Waals surface area (Å²) in [5, 5.41) is 0. The summed E-state index contributed by atoms with van der Waals surface area (Å²) in [6.07, 6.45) is 26.2. The van der Waals surface area contributed by atoms with E-state index in [0.29, 0.717) is 0 Å². The Bertz CT molecular complexity index is 253. The van der Waals surface area contributed by atoms with Crippen molar-refractivity contribution in [1.29, 1.82) is 0 Å². The van der Waals surface area contributed by atoms with Crippen molar-refractivity contribution in [3.63, 3.8) is 0 Å². The summed E-state index contributed by atoms with van der Waals surface area (Å²) in [6.45, 7) is 12.6. The van der Waals surface area contributed by atoms with Crippen LogP contribution in [0.5, 0.6) is 0 Å². The van der Waals surface area contributed by atoms with Gasteiger partial charge in [-0.15, -0.1) is 0 Å². The topological polar surface area (TPSA) is 0 Å². The zero-order chi connectivity index (χ0) is 17.9. The molecule has 0 aliphatic heterocycles. The first kappa shape index (κ1) is 23.7. The molecule has 0 saturated carbocycles. The predicted molar refractivity (Wildman–Crippen MR) is 112 cm³/mol. The van der Waals surface area contributed by atoms with Gasteiger partial charge in [-0.2, -0.15) is 0 Å². The molecule has 142 valence electrons. The average molecular weight is 335 g/mol. The molecule has 0 aromatic rings. The van der Waals surface area contributed by atoms with Crippen molar-refractivity contribution in [2.24, 2.45) is 11.8 Å². The molecule has 0 aliphatic rings. The van der Waals surface area contributed by atoms with Gasteiger partial charge in [0.25, 0.3) is 0 Å². The minimum absolute atomic E-state index is 0.911. The Morgan fingerprint density at radius 1 is 0.667 bits per heavy atom. The molecule has 0 bridgehead atoms. The third-order valence-electron chi connectivity index (χ3n) is 5.36. The van der Waals surface area contributed by atoms with Crippen molar-refractivity contribution >= 4 is 0 Å². The molecular formula is C24H46. The largest absolute Gasteiger partial charge is 0.0885 e. The van der Waals surface area contributed by atoms with E-state index in [1.807, 2.05) is 0 Å². The van der Waals surface area contributed by atoms with Crippen molar-refractivity contribution in [3.05, 3.63) is 26.0 Å². The van der Waals surface area contributed by atoms with Gasteiger partial charge in [-0.25, -0.2) is 0 Å². The Hall–Kier alpha value is -0.260. The van der Waals surface area contributed by atoms with Crippen LogP contribution in [0.25, 0.3) is 0 Å². The molecule has 0 N–H and O–H groups in total. The van der Waals surface area contributed by atoms with Crippen molar-refractivity contribution in [2.45, 2.75) is 117 Å². The lowest BCUT2D eigenvalue weighted by molar-refractivity contribution is 0.417. The summed E-state index contributed by atoms with van der Waals surface area (Å²) >= 11 is 0. The first-order valence-electron chi connectivity index (χ1n) is 11.0. The van der Waals surface area contributed by atoms with Crippen LogP contribution in [-0.2, 0) is 0 Å². The minimum atomic E-state index is 0.911. The molecule has 0 amide bonds. The van der Waals surface area contributed by atoms with E-state index >= 15 is 0 Å². The van der Waals surface area contributed by atoms with E-state index in [9.17, 15) is 0 Å². The summed E-state index contributed by atoms with van der Waals surface area (Å²) in [5.41, 5.74) is 0. The molecule has 0 heterocycles. The number of hydrogen-bond donors (Lipinski definition) is 0. The van der Waals surface area contributed by atoms with Gasteiger partial charge in [0.2, 0.25) is 0 Å². The molecule has 0 aliphatic carbocycles. The van der Waals surface area contributed by atoms with Crippen LogP contribution in [0.4, 0.5) is 0 Å². The Labute approximate surface area is 154 Å². The van der Waals surface area contributed by atoms with Crippen LogP contribution in [0.1, 0.15) is 117 Å². The highest BCUT2D eigenvalue weighted by atomic mass is 14.1. The van der Waals surface area contributed by atoms with Gasteiger partial charge in [0.15, 0.2) is 0 Å². The highest BCUT2D eigenvalue weighted by molar-refractivity contribution is 4.82. The number of rotatable bonds is 18. The molecule has 0 heteroatoms. The maximum absolute atomic E-state index is 3.93. The molecule has 0 nitrogen and oxygen atoms in total. The van der Waals surface area contributed by atoms with E-state index in [0.717, 1.165) is 24.7 Å². The van der Waals surface area contributed by atoms with E-state index in [-0.39, 0.29) is 0 Å². The van der Waals surface area contributed by atoms with E-state index in [4.69, 9.17) is 0 Å². The molecule has 0 aromatic carbocycles. The van der Waals surface area contributed by atoms with Crippen LogP contribution in [0.2, 0.25) is 0 Å². The summed E-state index contributed by atoms with van der Waals surface area (Å²) in [6, 6.07) is 0. The second-order valence-corrected chi connectivity index (χ2v) is 7.76. The van der Waals surface area contributed by atoms with E-state index in [1.165, 1.54) is 89.9 Å². The molecule has 0 spiro atoms. The zero-order valence-electron chi connectivity index (χ0n) is 17.0. The fourth-order valence-corrected chi connectivity index (χ4v) is 3.48. The second-order valence-electron chi connectivity index (χ2n) is 7.76. The molecule has 2 unspecified atom stereocenters. The minimum Gasteiger partial charge on any atom is -0.0885 e. The van der Waals surface area contributed by atoms with E-state index in [2.05, 4.69) is 39.8 Å². The van der Waals surface area contributed by atoms with Gasteiger partial charge in [0, 0.05) is 0 Å². The fourth-order valence-electron chi connectivity index (χ4n) is 3.48. The Kier molecular flexibility index (Phi) is 18.9. The maximum Gasteiger partial charge on any atom is -0.0348 e. The summed E-state index contributed by atoms with van der Waals surface area (Å²) < 4.78 is 0. The van der Waals surface area contributed by atoms with Crippen LogP contribution in [-0.4, -0.2) is 0 Å². The summed E-state index contributed by atoms with van der Waals surface area (Å²) in [5.74, 6) is 1.85. The number of hydrogen-bond acceptors (Lipinski definition) is 0. The first-order valence-corrected chi connectivity index (χ1v) is 11.0. The second kappa shape index (κ2) is 19.1. The molecule has 24 heavy (non-hydrogen) atoms. The van der Waals surface area contributed by atoms with Crippen LogP contribution >= 0.6 is 0 Å². The van der Waals surface area contributed by atoms with Crippen LogP contribution in [0.15, 0.2) is 12.2 Å². The van der Waals surface area contributed by atoms with Crippen LogP contribution < -0.4 is 0 Å². The zero-order valence-corrected chi connectivity index (χ0v) is 17.0. The average Bonchev–Trinajstić information content (AvgIpc) is 2.59. The van der Waals surface area contributed by atoms with Crippen molar-refractivity contribution in [2.75, 3.05) is 0 Å². The normalized spacial score (nSPS) is 14.3. The van der Waals surface area contributed by atoms with Gasteiger partial charge >= 0.3 is 0 Å². The molecule has 2 atom stereocenters. The standard InChI is InChI=1S/C24H46/c1-5-8-10-17-21-24(7-3)22-18-14-12-11-13-16-20-23(4)19-15-9-6-2/h12,14,23-24H,1-2,5-11,13,15-22H2,3-4H3. The van der Waals surface area contributed by atoms with Gasteiger partial charge in [0.05, 0.1) is 0 Å². The van der Waals surface area contributed by atoms with Gasteiger partial charge in [-0.05, 0) is 37.5 Å². The Morgan fingerprint density at radius 2 is 1.25 bits per heavy atom. The van der Waals surface area contributed by atoms with Crippen LogP contribution in [0, 0.1) is 25.7 Å². The maximum atomic E-state index is 3.93. The Balaban J connectivity index is 3.47. The molecule has 0 saturated heterocycles. The third-order valence-corrected chi connectivity index (χ3v) is 5.36. The molecule has 0 fully saturated rings. The predicted octanol–water partition coefficient (Wildman–Crippen LogP) is 8.72. The van der Waals surface area contributed by atoms with Crippen molar-refractivity contribution in [1.82, 2.24) is 0 Å². The van der Waals surface area contributed by atoms with Gasteiger partial charge in [0.1, 0.15) is 0 Å². The third kappa shape index (κ3) is 16.6. The van der Waals surface area contributed by atoms with E-state index in [1.54, 1.807) is 0 Å². The molecular weight excluding hydrogens is 288 g/mol. The lowest BCUT2D eigenvalue weighted by Gasteiger charge is -2.13.